The van der Waals surface area contributed by atoms with Gasteiger partial charge in [-0.1, -0.05) is 31.7 Å². The molecule has 2 aliphatic heterocycles. The lowest BCUT2D eigenvalue weighted by Crippen LogP contribution is -2.59. The number of ether oxygens (including phenoxy) is 2. The summed E-state index contributed by atoms with van der Waals surface area (Å²) in [4.78, 5) is 43.7. The van der Waals surface area contributed by atoms with Crippen LogP contribution in [0.15, 0.2) is 12.1 Å². The molecule has 42 heavy (non-hydrogen) atoms. The van der Waals surface area contributed by atoms with Crippen molar-refractivity contribution in [2.24, 2.45) is 5.41 Å². The van der Waals surface area contributed by atoms with Gasteiger partial charge in [-0.05, 0) is 77.3 Å². The third-order valence-electron chi connectivity index (χ3n) is 7.91. The normalized spacial score (nSPS) is 17.5. The summed E-state index contributed by atoms with van der Waals surface area (Å²) in [5.74, 6) is -1.06. The van der Waals surface area contributed by atoms with Crippen LogP contribution in [0.4, 0.5) is 23.8 Å². The molecule has 3 rings (SSSR count). The van der Waals surface area contributed by atoms with Crippen molar-refractivity contribution in [3.8, 4) is 0 Å². The molecule has 0 bridgehead atoms. The van der Waals surface area contributed by atoms with Crippen molar-refractivity contribution in [1.82, 2.24) is 15.2 Å². The fourth-order valence-electron chi connectivity index (χ4n) is 5.42. The quantitative estimate of drug-likeness (QED) is 0.254. The Hall–Kier alpha value is -3.05. The van der Waals surface area contributed by atoms with E-state index in [0.717, 1.165) is 70.1 Å². The predicted octanol–water partition coefficient (Wildman–Crippen LogP) is 5.56. The highest BCUT2D eigenvalue weighted by Gasteiger charge is 2.61. The standard InChI is InChI=1S/C30H45F3N4O5/c1-28(2,3)42-27(40)37-19-16-29(17-20-37,30(31,32)33)26(39)36-23(25(38)41-4)13-9-7-5-6-8-12-22-15-14-21-11-10-18-34-24(21)35-22/h14-15,23H,5-13,16-20H2,1-4H3,(H,34,35)(H,36,39)/t23-/m0/s1. The Balaban J connectivity index is 1.47. The van der Waals surface area contributed by atoms with E-state index in [9.17, 15) is 27.6 Å². The van der Waals surface area contributed by atoms with Crippen molar-refractivity contribution in [1.29, 1.82) is 0 Å². The fraction of sp³-hybridized carbons (Fsp3) is 0.733. The summed E-state index contributed by atoms with van der Waals surface area (Å²) in [7, 11) is 1.14. The van der Waals surface area contributed by atoms with Crippen LogP contribution in [0.5, 0.6) is 0 Å². The molecular weight excluding hydrogens is 553 g/mol. The Morgan fingerprint density at radius 1 is 1.07 bits per heavy atom. The van der Waals surface area contributed by atoms with Crippen LogP contribution >= 0.6 is 0 Å². The molecule has 0 aromatic carbocycles. The minimum atomic E-state index is -4.86. The molecular formula is C30H45F3N4O5. The first-order valence-corrected chi connectivity index (χ1v) is 14.9. The monoisotopic (exact) mass is 598 g/mol. The van der Waals surface area contributed by atoms with Crippen molar-refractivity contribution in [3.05, 3.63) is 23.4 Å². The summed E-state index contributed by atoms with van der Waals surface area (Å²) in [5.41, 5.74) is -1.20. The first kappa shape index (κ1) is 33.5. The second kappa shape index (κ2) is 14.4. The van der Waals surface area contributed by atoms with Crippen molar-refractivity contribution >= 4 is 23.8 Å². The van der Waals surface area contributed by atoms with Crippen LogP contribution in [0.3, 0.4) is 0 Å². The van der Waals surface area contributed by atoms with Crippen LogP contribution in [0.25, 0.3) is 0 Å². The third-order valence-corrected chi connectivity index (χ3v) is 7.91. The molecule has 1 aromatic heterocycles. The van der Waals surface area contributed by atoms with E-state index in [1.54, 1.807) is 20.8 Å². The van der Waals surface area contributed by atoms with Crippen LogP contribution in [-0.4, -0.2) is 72.4 Å². The van der Waals surface area contributed by atoms with Gasteiger partial charge in [0.15, 0.2) is 0 Å². The highest BCUT2D eigenvalue weighted by Crippen LogP contribution is 2.47. The number of piperidine rings is 1. The average Bonchev–Trinajstić information content (AvgIpc) is 2.93. The topological polar surface area (TPSA) is 110 Å². The number of unbranched alkanes of at least 4 members (excludes halogenated alkanes) is 4. The number of carbonyl (C=O) groups excluding carboxylic acids is 3. The van der Waals surface area contributed by atoms with Gasteiger partial charge in [0.1, 0.15) is 22.9 Å². The molecule has 2 aliphatic rings. The molecule has 0 unspecified atom stereocenters. The van der Waals surface area contributed by atoms with Crippen LogP contribution in [-0.2, 0) is 31.9 Å². The first-order valence-electron chi connectivity index (χ1n) is 14.9. The maximum absolute atomic E-state index is 14.3. The molecule has 0 saturated carbocycles. The van der Waals surface area contributed by atoms with Gasteiger partial charge < -0.3 is 25.0 Å². The summed E-state index contributed by atoms with van der Waals surface area (Å²) in [6.45, 7) is 5.37. The van der Waals surface area contributed by atoms with Gasteiger partial charge in [-0.25, -0.2) is 14.6 Å². The molecule has 1 saturated heterocycles. The maximum atomic E-state index is 14.3. The number of fused-ring (bicyclic) bond motifs is 1. The lowest BCUT2D eigenvalue weighted by molar-refractivity contribution is -0.232. The number of rotatable bonds is 11. The third kappa shape index (κ3) is 8.97. The first-order chi connectivity index (χ1) is 19.8. The lowest BCUT2D eigenvalue weighted by Gasteiger charge is -2.42. The van der Waals surface area contributed by atoms with E-state index in [1.807, 2.05) is 0 Å². The van der Waals surface area contributed by atoms with Gasteiger partial charge in [-0.2, -0.15) is 13.2 Å². The number of amides is 2. The van der Waals surface area contributed by atoms with Crippen molar-refractivity contribution in [2.75, 3.05) is 32.1 Å². The zero-order chi connectivity index (χ0) is 31.0. The summed E-state index contributed by atoms with van der Waals surface area (Å²) >= 11 is 0. The van der Waals surface area contributed by atoms with Gasteiger partial charge in [-0.15, -0.1) is 0 Å². The number of nitrogens with one attached hydrogen (secondary N) is 2. The van der Waals surface area contributed by atoms with Gasteiger partial charge >= 0.3 is 18.2 Å². The highest BCUT2D eigenvalue weighted by molar-refractivity contribution is 5.89. The number of likely N-dealkylation sites (tertiary alicyclic amines) is 1. The Morgan fingerprint density at radius 2 is 1.74 bits per heavy atom. The second-order valence-corrected chi connectivity index (χ2v) is 12.2. The number of esters is 1. The van der Waals surface area contributed by atoms with Crippen molar-refractivity contribution < 1.29 is 37.0 Å². The molecule has 1 fully saturated rings. The summed E-state index contributed by atoms with van der Waals surface area (Å²) in [6, 6.07) is 3.03. The largest absolute Gasteiger partial charge is 0.467 e. The highest BCUT2D eigenvalue weighted by atomic mass is 19.4. The van der Waals surface area contributed by atoms with Gasteiger partial charge in [0, 0.05) is 25.3 Å². The average molecular weight is 599 g/mol. The van der Waals surface area contributed by atoms with E-state index in [1.165, 1.54) is 10.5 Å². The minimum absolute atomic E-state index is 0.175. The van der Waals surface area contributed by atoms with Crippen molar-refractivity contribution in [2.45, 2.75) is 109 Å². The molecule has 9 nitrogen and oxygen atoms in total. The van der Waals surface area contributed by atoms with Gasteiger partial charge in [0.25, 0.3) is 0 Å². The number of anilines is 1. The Morgan fingerprint density at radius 3 is 2.38 bits per heavy atom. The number of halogens is 3. The van der Waals surface area contributed by atoms with Gasteiger partial charge in [0.05, 0.1) is 7.11 Å². The molecule has 3 heterocycles. The number of nitrogens with zero attached hydrogens (tertiary/aromatic N) is 2. The molecule has 0 spiro atoms. The molecule has 2 amide bonds. The molecule has 0 aliphatic carbocycles. The number of aryl methyl sites for hydroxylation is 2. The molecule has 236 valence electrons. The molecule has 0 radical (unpaired) electrons. The zero-order valence-electron chi connectivity index (χ0n) is 25.2. The SMILES string of the molecule is COC(=O)[C@H](CCCCCCCc1ccc2c(n1)NCCC2)NC(=O)C1(C(F)(F)F)CCN(C(=O)OC(C)(C)C)CC1. The van der Waals surface area contributed by atoms with Gasteiger partial charge in [-0.3, -0.25) is 4.79 Å². The molecule has 2 N–H and O–H groups in total. The zero-order valence-corrected chi connectivity index (χ0v) is 25.2. The number of hydrogen-bond acceptors (Lipinski definition) is 7. The Labute approximate surface area is 246 Å². The van der Waals surface area contributed by atoms with Crippen LogP contribution in [0.1, 0.15) is 89.8 Å². The number of pyridine rings is 1. The maximum Gasteiger partial charge on any atom is 0.410 e. The number of alkyl halides is 3. The second-order valence-electron chi connectivity index (χ2n) is 12.2. The molecule has 12 heteroatoms. The van der Waals surface area contributed by atoms with E-state index in [-0.39, 0.29) is 19.5 Å². The minimum Gasteiger partial charge on any atom is -0.467 e. The van der Waals surface area contributed by atoms with E-state index >= 15 is 0 Å². The molecule has 1 aromatic rings. The Bertz CT molecular complexity index is 1080. The van der Waals surface area contributed by atoms with Crippen LogP contribution in [0.2, 0.25) is 0 Å². The van der Waals surface area contributed by atoms with Gasteiger partial charge in [0.2, 0.25) is 5.91 Å². The lowest BCUT2D eigenvalue weighted by atomic mass is 9.76. The predicted molar refractivity (Wildman–Crippen MR) is 152 cm³/mol. The van der Waals surface area contributed by atoms with E-state index < -0.39 is 54.0 Å². The van der Waals surface area contributed by atoms with Crippen LogP contribution in [0, 0.1) is 5.41 Å². The number of hydrogen-bond donors (Lipinski definition) is 2. The summed E-state index contributed by atoms with van der Waals surface area (Å²) in [6.07, 6.45) is 0.484. The smallest absolute Gasteiger partial charge is 0.410 e. The van der Waals surface area contributed by atoms with E-state index in [0.29, 0.717) is 6.42 Å². The van der Waals surface area contributed by atoms with Crippen molar-refractivity contribution in [3.63, 3.8) is 0 Å². The van der Waals surface area contributed by atoms with E-state index in [2.05, 4.69) is 22.8 Å². The Kier molecular flexibility index (Phi) is 11.5. The molecule has 1 atom stereocenters. The number of aromatic nitrogens is 1. The summed E-state index contributed by atoms with van der Waals surface area (Å²) in [5, 5.41) is 5.68. The summed E-state index contributed by atoms with van der Waals surface area (Å²) < 4.78 is 52.9. The fourth-order valence-corrected chi connectivity index (χ4v) is 5.42. The van der Waals surface area contributed by atoms with E-state index in [4.69, 9.17) is 14.5 Å². The number of methoxy groups -OCH3 is 1. The number of carbonyl (C=O) groups is 3. The van der Waals surface area contributed by atoms with Crippen LogP contribution < -0.4 is 10.6 Å².